The van der Waals surface area contributed by atoms with Crippen molar-refractivity contribution in [1.29, 1.82) is 5.26 Å². The van der Waals surface area contributed by atoms with Gasteiger partial charge >= 0.3 is 0 Å². The Balaban J connectivity index is 2.47. The standard InChI is InChI=1S/C17H17ClN2/c1-2-3-12-20(14-8-5-4-6-9-14)17-11-7-10-16(18)15(17)13-19/h4-11H,2-3,12H2,1H3. The highest BCUT2D eigenvalue weighted by Crippen LogP contribution is 2.32. The van der Waals surface area contributed by atoms with Crippen LogP contribution < -0.4 is 4.90 Å². The maximum Gasteiger partial charge on any atom is 0.103 e. The molecule has 0 fully saturated rings. The van der Waals surface area contributed by atoms with E-state index in [1.54, 1.807) is 6.07 Å². The van der Waals surface area contributed by atoms with E-state index in [9.17, 15) is 5.26 Å². The van der Waals surface area contributed by atoms with Crippen molar-refractivity contribution in [2.24, 2.45) is 0 Å². The molecule has 0 aliphatic carbocycles. The molecule has 0 aromatic heterocycles. The van der Waals surface area contributed by atoms with Crippen molar-refractivity contribution in [3.63, 3.8) is 0 Å². The van der Waals surface area contributed by atoms with Gasteiger partial charge in [-0.15, -0.1) is 0 Å². The van der Waals surface area contributed by atoms with E-state index in [0.29, 0.717) is 10.6 Å². The highest BCUT2D eigenvalue weighted by atomic mass is 35.5. The summed E-state index contributed by atoms with van der Waals surface area (Å²) in [7, 11) is 0. The van der Waals surface area contributed by atoms with Crippen LogP contribution in [-0.4, -0.2) is 6.54 Å². The quantitative estimate of drug-likeness (QED) is 0.759. The third-order valence-electron chi connectivity index (χ3n) is 3.20. The summed E-state index contributed by atoms with van der Waals surface area (Å²) < 4.78 is 0. The summed E-state index contributed by atoms with van der Waals surface area (Å²) in [6, 6.07) is 17.9. The van der Waals surface area contributed by atoms with Crippen LogP contribution in [0.25, 0.3) is 0 Å². The van der Waals surface area contributed by atoms with Crippen LogP contribution in [0.3, 0.4) is 0 Å². The normalized spacial score (nSPS) is 10.1. The first-order chi connectivity index (χ1) is 9.77. The molecule has 0 heterocycles. The number of hydrogen-bond donors (Lipinski definition) is 0. The second kappa shape index (κ2) is 6.98. The number of rotatable bonds is 5. The maximum absolute atomic E-state index is 9.36. The van der Waals surface area contributed by atoms with Gasteiger partial charge in [-0.3, -0.25) is 0 Å². The van der Waals surface area contributed by atoms with Crippen LogP contribution in [0, 0.1) is 11.3 Å². The second-order valence-corrected chi connectivity index (χ2v) is 4.99. The molecule has 0 spiro atoms. The minimum atomic E-state index is 0.502. The first-order valence-electron chi connectivity index (χ1n) is 6.79. The van der Waals surface area contributed by atoms with E-state index >= 15 is 0 Å². The molecule has 0 saturated carbocycles. The van der Waals surface area contributed by atoms with E-state index in [0.717, 1.165) is 30.8 Å². The Kier molecular flexibility index (Phi) is 5.03. The minimum Gasteiger partial charge on any atom is -0.340 e. The predicted molar refractivity (Wildman–Crippen MR) is 84.5 cm³/mol. The molecule has 0 bridgehead atoms. The van der Waals surface area contributed by atoms with Gasteiger partial charge in [0.2, 0.25) is 0 Å². The number of benzene rings is 2. The van der Waals surface area contributed by atoms with Crippen LogP contribution in [0.5, 0.6) is 0 Å². The Hall–Kier alpha value is -1.98. The van der Waals surface area contributed by atoms with E-state index < -0.39 is 0 Å². The van der Waals surface area contributed by atoms with E-state index in [1.165, 1.54) is 0 Å². The SMILES string of the molecule is CCCCN(c1ccccc1)c1cccc(Cl)c1C#N. The summed E-state index contributed by atoms with van der Waals surface area (Å²) >= 11 is 6.15. The lowest BCUT2D eigenvalue weighted by molar-refractivity contribution is 0.785. The van der Waals surface area contributed by atoms with Gasteiger partial charge in [0, 0.05) is 12.2 Å². The lowest BCUT2D eigenvalue weighted by Crippen LogP contribution is -2.19. The summed E-state index contributed by atoms with van der Waals surface area (Å²) in [5, 5.41) is 9.86. The fraction of sp³-hybridized carbons (Fsp3) is 0.235. The summed E-state index contributed by atoms with van der Waals surface area (Å²) in [4.78, 5) is 2.16. The van der Waals surface area contributed by atoms with Gasteiger partial charge in [-0.25, -0.2) is 0 Å². The van der Waals surface area contributed by atoms with Crippen LogP contribution in [0.1, 0.15) is 25.3 Å². The number of nitrogens with zero attached hydrogens (tertiary/aromatic N) is 2. The monoisotopic (exact) mass is 284 g/mol. The average Bonchev–Trinajstić information content (AvgIpc) is 2.49. The topological polar surface area (TPSA) is 27.0 Å². The molecule has 2 aromatic carbocycles. The Morgan fingerprint density at radius 3 is 2.50 bits per heavy atom. The van der Waals surface area contributed by atoms with Crippen LogP contribution in [0.4, 0.5) is 11.4 Å². The number of unbranched alkanes of at least 4 members (excludes halogenated alkanes) is 1. The number of nitriles is 1. The zero-order chi connectivity index (χ0) is 14.4. The fourth-order valence-electron chi connectivity index (χ4n) is 2.16. The number of anilines is 2. The third-order valence-corrected chi connectivity index (χ3v) is 3.51. The van der Waals surface area contributed by atoms with Crippen molar-refractivity contribution >= 4 is 23.0 Å². The summed E-state index contributed by atoms with van der Waals surface area (Å²) in [6.45, 7) is 3.03. The predicted octanol–water partition coefficient (Wildman–Crippen LogP) is 5.15. The van der Waals surface area contributed by atoms with Gasteiger partial charge in [0.05, 0.1) is 16.3 Å². The summed E-state index contributed by atoms with van der Waals surface area (Å²) in [6.07, 6.45) is 2.16. The minimum absolute atomic E-state index is 0.502. The molecule has 2 rings (SSSR count). The van der Waals surface area contributed by atoms with Gasteiger partial charge in [-0.1, -0.05) is 49.2 Å². The molecular weight excluding hydrogens is 268 g/mol. The first kappa shape index (κ1) is 14.4. The zero-order valence-electron chi connectivity index (χ0n) is 11.5. The van der Waals surface area contributed by atoms with Crippen molar-refractivity contribution in [2.75, 3.05) is 11.4 Å². The van der Waals surface area contributed by atoms with Crippen molar-refractivity contribution in [3.05, 3.63) is 59.1 Å². The van der Waals surface area contributed by atoms with Crippen molar-refractivity contribution < 1.29 is 0 Å². The molecule has 2 nitrogen and oxygen atoms in total. The molecule has 102 valence electrons. The molecule has 0 radical (unpaired) electrons. The third kappa shape index (κ3) is 3.12. The van der Waals surface area contributed by atoms with E-state index in [4.69, 9.17) is 11.6 Å². The number of halogens is 1. The van der Waals surface area contributed by atoms with Gasteiger partial charge in [-0.05, 0) is 30.7 Å². The molecule has 3 heteroatoms. The van der Waals surface area contributed by atoms with Gasteiger partial charge in [-0.2, -0.15) is 5.26 Å². The van der Waals surface area contributed by atoms with E-state index in [2.05, 4.69) is 30.0 Å². The Bertz CT molecular complexity index is 602. The fourth-order valence-corrected chi connectivity index (χ4v) is 2.37. The zero-order valence-corrected chi connectivity index (χ0v) is 12.3. The van der Waals surface area contributed by atoms with E-state index in [-0.39, 0.29) is 0 Å². The highest BCUT2D eigenvalue weighted by Gasteiger charge is 2.14. The molecule has 0 unspecified atom stereocenters. The van der Waals surface area contributed by atoms with E-state index in [1.807, 2.05) is 30.3 Å². The molecule has 0 saturated heterocycles. The van der Waals surface area contributed by atoms with Crippen molar-refractivity contribution in [1.82, 2.24) is 0 Å². The Labute approximate surface area is 125 Å². The van der Waals surface area contributed by atoms with Crippen LogP contribution in [-0.2, 0) is 0 Å². The maximum atomic E-state index is 9.36. The second-order valence-electron chi connectivity index (χ2n) is 4.59. The number of para-hydroxylation sites is 1. The summed E-state index contributed by atoms with van der Waals surface area (Å²) in [5.74, 6) is 0. The molecule has 20 heavy (non-hydrogen) atoms. The summed E-state index contributed by atoms with van der Waals surface area (Å²) in [5.41, 5.74) is 2.49. The lowest BCUT2D eigenvalue weighted by Gasteiger charge is -2.26. The van der Waals surface area contributed by atoms with Gasteiger partial charge < -0.3 is 4.90 Å². The highest BCUT2D eigenvalue weighted by molar-refractivity contribution is 6.32. The molecule has 0 amide bonds. The van der Waals surface area contributed by atoms with Gasteiger partial charge in [0.25, 0.3) is 0 Å². The first-order valence-corrected chi connectivity index (χ1v) is 7.17. The molecule has 0 N–H and O–H groups in total. The molecule has 0 aliphatic heterocycles. The smallest absolute Gasteiger partial charge is 0.103 e. The molecule has 0 aliphatic rings. The molecule has 0 atom stereocenters. The average molecular weight is 285 g/mol. The van der Waals surface area contributed by atoms with Crippen LogP contribution in [0.15, 0.2) is 48.5 Å². The van der Waals surface area contributed by atoms with Gasteiger partial charge in [0.15, 0.2) is 0 Å². The molecule has 2 aromatic rings. The van der Waals surface area contributed by atoms with Crippen molar-refractivity contribution in [2.45, 2.75) is 19.8 Å². The Morgan fingerprint density at radius 2 is 1.85 bits per heavy atom. The van der Waals surface area contributed by atoms with Gasteiger partial charge in [0.1, 0.15) is 6.07 Å². The van der Waals surface area contributed by atoms with Crippen LogP contribution >= 0.6 is 11.6 Å². The Morgan fingerprint density at radius 1 is 1.10 bits per heavy atom. The lowest BCUT2D eigenvalue weighted by atomic mass is 10.1. The number of hydrogen-bond acceptors (Lipinski definition) is 2. The molecular formula is C17H17ClN2. The van der Waals surface area contributed by atoms with Crippen LogP contribution in [0.2, 0.25) is 5.02 Å². The largest absolute Gasteiger partial charge is 0.340 e. The van der Waals surface area contributed by atoms with Crippen molar-refractivity contribution in [3.8, 4) is 6.07 Å².